The zero-order valence-electron chi connectivity index (χ0n) is 14.6. The highest BCUT2D eigenvalue weighted by Crippen LogP contribution is 2.17. The second kappa shape index (κ2) is 8.64. The molecule has 1 aliphatic carbocycles. The minimum Gasteiger partial charge on any atom is -0.370 e. The maximum atomic E-state index is 12.0. The lowest BCUT2D eigenvalue weighted by molar-refractivity contribution is -0.120. The number of guanidine groups is 1. The SMILES string of the molecule is NC(=NCC(=O)NC1CCCCC1)N1CCN(c2ncccn2)CC1. The smallest absolute Gasteiger partial charge is 0.242 e. The van der Waals surface area contributed by atoms with Gasteiger partial charge < -0.3 is 20.9 Å². The summed E-state index contributed by atoms with van der Waals surface area (Å²) in [5.74, 6) is 1.14. The Balaban J connectivity index is 1.43. The summed E-state index contributed by atoms with van der Waals surface area (Å²) in [4.78, 5) is 29.0. The number of hydrogen-bond donors (Lipinski definition) is 2. The Morgan fingerprint density at radius 2 is 1.84 bits per heavy atom. The van der Waals surface area contributed by atoms with Gasteiger partial charge in [-0.1, -0.05) is 19.3 Å². The number of nitrogens with two attached hydrogens (primary N) is 1. The molecule has 136 valence electrons. The van der Waals surface area contributed by atoms with Gasteiger partial charge in [0.15, 0.2) is 5.96 Å². The van der Waals surface area contributed by atoms with E-state index in [-0.39, 0.29) is 12.5 Å². The minimum atomic E-state index is -0.0360. The van der Waals surface area contributed by atoms with E-state index in [1.165, 1.54) is 19.3 Å². The van der Waals surface area contributed by atoms with Crippen LogP contribution in [0.4, 0.5) is 5.95 Å². The number of rotatable bonds is 4. The Morgan fingerprint density at radius 3 is 2.52 bits per heavy atom. The van der Waals surface area contributed by atoms with Crippen molar-refractivity contribution in [1.29, 1.82) is 0 Å². The predicted molar refractivity (Wildman–Crippen MR) is 97.3 cm³/mol. The van der Waals surface area contributed by atoms with Crippen LogP contribution < -0.4 is 16.0 Å². The van der Waals surface area contributed by atoms with Crippen LogP contribution >= 0.6 is 0 Å². The lowest BCUT2D eigenvalue weighted by atomic mass is 9.95. The first-order chi connectivity index (χ1) is 12.2. The van der Waals surface area contributed by atoms with Gasteiger partial charge in [-0.2, -0.15) is 0 Å². The molecular weight excluding hydrogens is 318 g/mol. The topological polar surface area (TPSA) is 99.7 Å². The third-order valence-corrected chi connectivity index (χ3v) is 4.79. The van der Waals surface area contributed by atoms with Gasteiger partial charge in [-0.25, -0.2) is 15.0 Å². The molecule has 8 heteroatoms. The zero-order chi connectivity index (χ0) is 17.5. The molecule has 0 aromatic carbocycles. The molecule has 3 rings (SSSR count). The van der Waals surface area contributed by atoms with Crippen molar-refractivity contribution in [2.24, 2.45) is 10.7 Å². The first-order valence-electron chi connectivity index (χ1n) is 9.08. The molecule has 0 atom stereocenters. The van der Waals surface area contributed by atoms with E-state index in [2.05, 4.69) is 25.2 Å². The van der Waals surface area contributed by atoms with Crippen LogP contribution in [0.5, 0.6) is 0 Å². The highest BCUT2D eigenvalue weighted by molar-refractivity contribution is 5.84. The monoisotopic (exact) mass is 345 g/mol. The average molecular weight is 345 g/mol. The normalized spacial score (nSPS) is 19.8. The molecule has 3 N–H and O–H groups in total. The van der Waals surface area contributed by atoms with Gasteiger partial charge in [0.05, 0.1) is 0 Å². The van der Waals surface area contributed by atoms with Crippen LogP contribution in [-0.2, 0) is 4.79 Å². The third-order valence-electron chi connectivity index (χ3n) is 4.79. The number of anilines is 1. The zero-order valence-corrected chi connectivity index (χ0v) is 14.6. The third kappa shape index (κ3) is 5.04. The summed E-state index contributed by atoms with van der Waals surface area (Å²) in [6, 6.07) is 2.12. The maximum absolute atomic E-state index is 12.0. The average Bonchev–Trinajstić information content (AvgIpc) is 2.68. The predicted octanol–water partition coefficient (Wildman–Crippen LogP) is 0.362. The van der Waals surface area contributed by atoms with Crippen LogP contribution in [0.3, 0.4) is 0 Å². The number of piperazine rings is 1. The molecule has 1 saturated heterocycles. The van der Waals surface area contributed by atoms with Gasteiger partial charge in [-0.3, -0.25) is 4.79 Å². The van der Waals surface area contributed by atoms with E-state index in [1.54, 1.807) is 12.4 Å². The van der Waals surface area contributed by atoms with Gasteiger partial charge >= 0.3 is 0 Å². The van der Waals surface area contributed by atoms with Gasteiger partial charge in [0, 0.05) is 44.6 Å². The number of aliphatic imine (C=N–C) groups is 1. The molecule has 2 aliphatic rings. The van der Waals surface area contributed by atoms with Crippen molar-refractivity contribution in [3.8, 4) is 0 Å². The summed E-state index contributed by atoms with van der Waals surface area (Å²) in [5.41, 5.74) is 6.06. The molecule has 0 radical (unpaired) electrons. The van der Waals surface area contributed by atoms with Crippen LogP contribution in [-0.4, -0.2) is 65.5 Å². The van der Waals surface area contributed by atoms with Crippen LogP contribution in [0.25, 0.3) is 0 Å². The lowest BCUT2D eigenvalue weighted by Crippen LogP contribution is -2.51. The van der Waals surface area contributed by atoms with Crippen molar-refractivity contribution < 1.29 is 4.79 Å². The lowest BCUT2D eigenvalue weighted by Gasteiger charge is -2.35. The first-order valence-corrected chi connectivity index (χ1v) is 9.08. The highest BCUT2D eigenvalue weighted by atomic mass is 16.1. The molecule has 1 saturated carbocycles. The van der Waals surface area contributed by atoms with E-state index in [0.717, 1.165) is 45.0 Å². The van der Waals surface area contributed by atoms with Crippen LogP contribution in [0.2, 0.25) is 0 Å². The van der Waals surface area contributed by atoms with E-state index in [1.807, 2.05) is 11.0 Å². The van der Waals surface area contributed by atoms with E-state index >= 15 is 0 Å². The fourth-order valence-electron chi connectivity index (χ4n) is 3.36. The van der Waals surface area contributed by atoms with Crippen molar-refractivity contribution in [3.63, 3.8) is 0 Å². The maximum Gasteiger partial charge on any atom is 0.242 e. The summed E-state index contributed by atoms with van der Waals surface area (Å²) < 4.78 is 0. The molecule has 0 unspecified atom stereocenters. The number of hydrogen-bond acceptors (Lipinski definition) is 5. The summed E-state index contributed by atoms with van der Waals surface area (Å²) >= 11 is 0. The van der Waals surface area contributed by atoms with Gasteiger partial charge in [0.2, 0.25) is 11.9 Å². The van der Waals surface area contributed by atoms with Crippen molar-refractivity contribution in [3.05, 3.63) is 18.5 Å². The largest absolute Gasteiger partial charge is 0.370 e. The van der Waals surface area contributed by atoms with Crippen LogP contribution in [0, 0.1) is 0 Å². The Morgan fingerprint density at radius 1 is 1.16 bits per heavy atom. The van der Waals surface area contributed by atoms with Crippen LogP contribution in [0.1, 0.15) is 32.1 Å². The highest BCUT2D eigenvalue weighted by Gasteiger charge is 2.20. The fraction of sp³-hybridized carbons (Fsp3) is 0.647. The number of carbonyl (C=O) groups excluding carboxylic acids is 1. The molecule has 2 fully saturated rings. The van der Waals surface area contributed by atoms with Crippen LogP contribution in [0.15, 0.2) is 23.5 Å². The quantitative estimate of drug-likeness (QED) is 0.604. The summed E-state index contributed by atoms with van der Waals surface area (Å²) in [6.07, 6.45) is 9.32. The van der Waals surface area contributed by atoms with Gasteiger partial charge in [0.1, 0.15) is 6.54 Å². The minimum absolute atomic E-state index is 0.0360. The second-order valence-corrected chi connectivity index (χ2v) is 6.60. The Bertz CT molecular complexity index is 578. The van der Waals surface area contributed by atoms with Crippen molar-refractivity contribution in [2.45, 2.75) is 38.1 Å². The van der Waals surface area contributed by atoms with Gasteiger partial charge in [-0.15, -0.1) is 0 Å². The van der Waals surface area contributed by atoms with Crippen molar-refractivity contribution in [2.75, 3.05) is 37.6 Å². The Kier molecular flexibility index (Phi) is 6.03. The molecule has 1 aromatic heterocycles. The summed E-state index contributed by atoms with van der Waals surface area (Å²) in [6.45, 7) is 3.17. The fourth-order valence-corrected chi connectivity index (χ4v) is 3.36. The molecule has 1 amide bonds. The summed E-state index contributed by atoms with van der Waals surface area (Å²) in [5, 5.41) is 3.06. The summed E-state index contributed by atoms with van der Waals surface area (Å²) in [7, 11) is 0. The Hall–Kier alpha value is -2.38. The number of nitrogens with zero attached hydrogens (tertiary/aromatic N) is 5. The van der Waals surface area contributed by atoms with Gasteiger partial charge in [0.25, 0.3) is 0 Å². The number of aromatic nitrogens is 2. The van der Waals surface area contributed by atoms with E-state index < -0.39 is 0 Å². The second-order valence-electron chi connectivity index (χ2n) is 6.60. The molecular formula is C17H27N7O. The molecule has 0 bridgehead atoms. The molecule has 25 heavy (non-hydrogen) atoms. The standard InChI is InChI=1S/C17H27N7O/c18-16(21-13-15(25)22-14-5-2-1-3-6-14)23-9-11-24(12-10-23)17-19-7-4-8-20-17/h4,7-8,14H,1-3,5-6,9-13H2,(H2,18,21)(H,22,25). The van der Waals surface area contributed by atoms with E-state index in [9.17, 15) is 4.79 Å². The van der Waals surface area contributed by atoms with E-state index in [4.69, 9.17) is 5.73 Å². The molecule has 2 heterocycles. The molecule has 1 aliphatic heterocycles. The molecule has 1 aromatic rings. The number of nitrogens with one attached hydrogen (secondary N) is 1. The molecule has 0 spiro atoms. The van der Waals surface area contributed by atoms with Gasteiger partial charge in [-0.05, 0) is 18.9 Å². The number of carbonyl (C=O) groups is 1. The van der Waals surface area contributed by atoms with Crippen molar-refractivity contribution in [1.82, 2.24) is 20.2 Å². The Labute approximate surface area is 148 Å². The van der Waals surface area contributed by atoms with Crippen molar-refractivity contribution >= 4 is 17.8 Å². The number of amides is 1. The molecule has 8 nitrogen and oxygen atoms in total. The van der Waals surface area contributed by atoms with E-state index in [0.29, 0.717) is 12.0 Å². The first kappa shape index (κ1) is 17.4.